The Morgan fingerprint density at radius 1 is 1.28 bits per heavy atom. The minimum atomic E-state index is -0.979. The van der Waals surface area contributed by atoms with E-state index in [-0.39, 0.29) is 24.5 Å². The Bertz CT molecular complexity index is 1290. The normalized spacial score (nSPS) is 17.4. The molecule has 4 amide bonds. The molecule has 190 valence electrons. The van der Waals surface area contributed by atoms with Gasteiger partial charge >= 0.3 is 12.1 Å². The van der Waals surface area contributed by atoms with Gasteiger partial charge in [0, 0.05) is 63.1 Å². The fraction of sp³-hybridized carbons (Fsp3) is 0.458. The van der Waals surface area contributed by atoms with Crippen molar-refractivity contribution < 1.29 is 19.5 Å². The minimum absolute atomic E-state index is 0.0783. The van der Waals surface area contributed by atoms with Crippen LogP contribution in [0.2, 0.25) is 0 Å². The van der Waals surface area contributed by atoms with Crippen molar-refractivity contribution in [1.82, 2.24) is 34.9 Å². The van der Waals surface area contributed by atoms with E-state index in [9.17, 15) is 19.5 Å². The van der Waals surface area contributed by atoms with Gasteiger partial charge in [0.05, 0.1) is 16.7 Å². The number of imidazole rings is 1. The topological polar surface area (TPSA) is 138 Å². The smallest absolute Gasteiger partial charge is 0.412 e. The maximum absolute atomic E-state index is 12.9. The Balaban J connectivity index is 1.41. The first kappa shape index (κ1) is 23.6. The molecule has 3 N–H and O–H groups in total. The van der Waals surface area contributed by atoms with E-state index in [1.54, 1.807) is 11.1 Å². The standard InChI is InChI=1S/C24H30N8O4/c1-16-3-4-17-18(32(16)24(35)36)5-6-19-22(17)28-20(7-12-30-11-2-8-27-30)31(19)15-21(33)25-9-13-29-14-10-26-23(29)34/h2,5-6,8,11,16H,3-4,7,9-10,12-15H2,1H3,(H,25,33)(H,26,34)(H,35,36). The zero-order chi connectivity index (χ0) is 25.2. The van der Waals surface area contributed by atoms with Crippen molar-refractivity contribution >= 4 is 34.8 Å². The molecule has 0 saturated carbocycles. The lowest BCUT2D eigenvalue weighted by atomic mass is 9.96. The molecule has 36 heavy (non-hydrogen) atoms. The number of hydrogen-bond acceptors (Lipinski definition) is 5. The van der Waals surface area contributed by atoms with Crippen LogP contribution < -0.4 is 15.5 Å². The summed E-state index contributed by atoms with van der Waals surface area (Å²) in [7, 11) is 0. The van der Waals surface area contributed by atoms with Crippen LogP contribution in [-0.2, 0) is 30.7 Å². The molecule has 0 aliphatic carbocycles. The van der Waals surface area contributed by atoms with Crippen LogP contribution >= 0.6 is 0 Å². The minimum Gasteiger partial charge on any atom is -0.465 e. The molecule has 1 fully saturated rings. The fourth-order valence-electron chi connectivity index (χ4n) is 5.04. The zero-order valence-corrected chi connectivity index (χ0v) is 20.2. The van der Waals surface area contributed by atoms with Crippen LogP contribution in [0.4, 0.5) is 15.3 Å². The first-order valence-electron chi connectivity index (χ1n) is 12.2. The van der Waals surface area contributed by atoms with Gasteiger partial charge in [-0.05, 0) is 38.0 Å². The Labute approximate surface area is 207 Å². The Kier molecular flexibility index (Phi) is 6.49. The summed E-state index contributed by atoms with van der Waals surface area (Å²) in [5.41, 5.74) is 3.10. The second-order valence-electron chi connectivity index (χ2n) is 9.17. The van der Waals surface area contributed by atoms with Crippen molar-refractivity contribution in [2.45, 2.75) is 45.3 Å². The Hall–Kier alpha value is -4.09. The van der Waals surface area contributed by atoms with Gasteiger partial charge in [-0.2, -0.15) is 5.10 Å². The lowest BCUT2D eigenvalue weighted by Crippen LogP contribution is -2.41. The van der Waals surface area contributed by atoms with Gasteiger partial charge in [0.1, 0.15) is 12.4 Å². The highest BCUT2D eigenvalue weighted by Gasteiger charge is 2.31. The molecular formula is C24H30N8O4. The number of carbonyl (C=O) groups excluding carboxylic acids is 2. The van der Waals surface area contributed by atoms with Crippen molar-refractivity contribution in [3.8, 4) is 0 Å². The molecule has 2 aromatic heterocycles. The molecule has 1 saturated heterocycles. The number of aromatic nitrogens is 4. The number of aryl methyl sites for hydroxylation is 3. The molecule has 2 aliphatic rings. The maximum atomic E-state index is 12.9. The van der Waals surface area contributed by atoms with Crippen molar-refractivity contribution in [1.29, 1.82) is 0 Å². The second kappa shape index (κ2) is 9.88. The number of carbonyl (C=O) groups is 3. The van der Waals surface area contributed by atoms with Gasteiger partial charge in [0.25, 0.3) is 0 Å². The molecule has 1 unspecified atom stereocenters. The number of amides is 4. The largest absolute Gasteiger partial charge is 0.465 e. The van der Waals surface area contributed by atoms with Crippen molar-refractivity contribution in [2.75, 3.05) is 31.1 Å². The number of nitrogens with zero attached hydrogens (tertiary/aromatic N) is 6. The van der Waals surface area contributed by atoms with Crippen LogP contribution in [0.1, 0.15) is 24.7 Å². The summed E-state index contributed by atoms with van der Waals surface area (Å²) in [5.74, 6) is 0.566. The van der Waals surface area contributed by atoms with Crippen LogP contribution in [0.5, 0.6) is 0 Å². The average molecular weight is 495 g/mol. The number of anilines is 1. The van der Waals surface area contributed by atoms with Crippen LogP contribution in [-0.4, -0.2) is 79.6 Å². The summed E-state index contributed by atoms with van der Waals surface area (Å²) < 4.78 is 3.72. The molecule has 1 aromatic carbocycles. The van der Waals surface area contributed by atoms with E-state index in [0.717, 1.165) is 28.8 Å². The number of nitrogens with one attached hydrogen (secondary N) is 2. The number of hydrogen-bond donors (Lipinski definition) is 3. The third-order valence-electron chi connectivity index (χ3n) is 6.87. The monoisotopic (exact) mass is 494 g/mol. The first-order valence-corrected chi connectivity index (χ1v) is 12.2. The van der Waals surface area contributed by atoms with E-state index in [1.807, 2.05) is 40.6 Å². The zero-order valence-electron chi connectivity index (χ0n) is 20.2. The quantitative estimate of drug-likeness (QED) is 0.433. The maximum Gasteiger partial charge on any atom is 0.412 e. The third-order valence-corrected chi connectivity index (χ3v) is 6.87. The Morgan fingerprint density at radius 2 is 2.14 bits per heavy atom. The lowest BCUT2D eigenvalue weighted by molar-refractivity contribution is -0.121. The predicted octanol–water partition coefficient (Wildman–Crippen LogP) is 1.44. The number of benzene rings is 1. The summed E-state index contributed by atoms with van der Waals surface area (Å²) in [6.45, 7) is 4.65. The van der Waals surface area contributed by atoms with Gasteiger partial charge in [-0.3, -0.25) is 14.4 Å². The number of rotatable bonds is 8. The van der Waals surface area contributed by atoms with Crippen molar-refractivity contribution in [2.24, 2.45) is 0 Å². The summed E-state index contributed by atoms with van der Waals surface area (Å²) in [6.07, 6.45) is 4.60. The molecule has 4 heterocycles. The number of fused-ring (bicyclic) bond motifs is 3. The highest BCUT2D eigenvalue weighted by molar-refractivity contribution is 5.95. The molecule has 1 atom stereocenters. The van der Waals surface area contributed by atoms with E-state index in [2.05, 4.69) is 15.7 Å². The highest BCUT2D eigenvalue weighted by Crippen LogP contribution is 2.36. The van der Waals surface area contributed by atoms with E-state index < -0.39 is 6.09 Å². The van der Waals surface area contributed by atoms with E-state index in [1.165, 1.54) is 4.90 Å². The van der Waals surface area contributed by atoms with Crippen molar-refractivity contribution in [3.63, 3.8) is 0 Å². The fourth-order valence-corrected chi connectivity index (χ4v) is 5.04. The average Bonchev–Trinajstić information content (AvgIpc) is 3.58. The molecular weight excluding hydrogens is 464 g/mol. The van der Waals surface area contributed by atoms with Gasteiger partial charge in [0.2, 0.25) is 5.91 Å². The molecule has 2 aliphatic heterocycles. The van der Waals surface area contributed by atoms with Gasteiger partial charge < -0.3 is 25.2 Å². The number of carboxylic acid groups (broad SMARTS) is 1. The van der Waals surface area contributed by atoms with E-state index >= 15 is 0 Å². The molecule has 12 nitrogen and oxygen atoms in total. The molecule has 0 radical (unpaired) electrons. The number of urea groups is 1. The summed E-state index contributed by atoms with van der Waals surface area (Å²) in [5, 5.41) is 19.7. The van der Waals surface area contributed by atoms with Crippen molar-refractivity contribution in [3.05, 3.63) is 42.0 Å². The second-order valence-corrected chi connectivity index (χ2v) is 9.17. The van der Waals surface area contributed by atoms with Crippen LogP contribution in [0.25, 0.3) is 11.0 Å². The van der Waals surface area contributed by atoms with E-state index in [0.29, 0.717) is 51.3 Å². The van der Waals surface area contributed by atoms with Gasteiger partial charge in [0.15, 0.2) is 0 Å². The third kappa shape index (κ3) is 4.58. The molecule has 0 bridgehead atoms. The highest BCUT2D eigenvalue weighted by atomic mass is 16.4. The molecule has 3 aromatic rings. The first-order chi connectivity index (χ1) is 17.4. The van der Waals surface area contributed by atoms with Crippen LogP contribution in [0.3, 0.4) is 0 Å². The lowest BCUT2D eigenvalue weighted by Gasteiger charge is -2.33. The molecule has 12 heteroatoms. The van der Waals surface area contributed by atoms with Crippen LogP contribution in [0.15, 0.2) is 30.6 Å². The molecule has 0 spiro atoms. The van der Waals surface area contributed by atoms with Gasteiger partial charge in [-0.25, -0.2) is 14.6 Å². The Morgan fingerprint density at radius 3 is 2.86 bits per heavy atom. The summed E-state index contributed by atoms with van der Waals surface area (Å²) in [4.78, 5) is 44.5. The predicted molar refractivity (Wildman–Crippen MR) is 132 cm³/mol. The van der Waals surface area contributed by atoms with Gasteiger partial charge in [-0.15, -0.1) is 0 Å². The SMILES string of the molecule is CC1CCc2c(ccc3c2nc(CCn2cccn2)n3CC(=O)NCCN2CCNC2=O)N1C(=O)O. The summed E-state index contributed by atoms with van der Waals surface area (Å²) >= 11 is 0. The van der Waals surface area contributed by atoms with Gasteiger partial charge in [-0.1, -0.05) is 0 Å². The summed E-state index contributed by atoms with van der Waals surface area (Å²) in [6, 6.07) is 5.31. The van der Waals surface area contributed by atoms with Crippen LogP contribution in [0, 0.1) is 0 Å². The molecule has 5 rings (SSSR count). The van der Waals surface area contributed by atoms with E-state index in [4.69, 9.17) is 4.98 Å².